The first-order chi connectivity index (χ1) is 18.5. The van der Waals surface area contributed by atoms with E-state index in [4.69, 9.17) is 9.47 Å². The molecule has 1 aromatic rings. The van der Waals surface area contributed by atoms with Crippen LogP contribution in [0.5, 0.6) is 0 Å². The number of benzene rings is 1. The fraction of sp³-hybridized carbons (Fsp3) is 0.700. The molecular weight excluding hydrogens is 482 g/mol. The van der Waals surface area contributed by atoms with Crippen LogP contribution in [0.15, 0.2) is 24.3 Å². The molecule has 0 bridgehead atoms. The highest BCUT2D eigenvalue weighted by molar-refractivity contribution is 5.99. The second kappa shape index (κ2) is 12.3. The summed E-state index contributed by atoms with van der Waals surface area (Å²) in [6, 6.07) is 6.67. The first kappa shape index (κ1) is 27.3. The van der Waals surface area contributed by atoms with Crippen molar-refractivity contribution < 1.29 is 23.9 Å². The van der Waals surface area contributed by atoms with Crippen LogP contribution in [0.3, 0.4) is 0 Å². The summed E-state index contributed by atoms with van der Waals surface area (Å²) in [6.07, 6.45) is 6.63. The summed E-state index contributed by atoms with van der Waals surface area (Å²) in [6.45, 7) is 8.36. The van der Waals surface area contributed by atoms with Crippen molar-refractivity contribution in [1.82, 2.24) is 15.1 Å². The molecule has 0 radical (unpaired) electrons. The van der Waals surface area contributed by atoms with Gasteiger partial charge in [0, 0.05) is 12.2 Å². The molecule has 8 nitrogen and oxygen atoms in total. The minimum atomic E-state index is -0.651. The Labute approximate surface area is 226 Å². The number of piperidine rings is 1. The van der Waals surface area contributed by atoms with E-state index in [9.17, 15) is 14.4 Å². The molecule has 4 aliphatic rings. The smallest absolute Gasteiger partial charge is 0.251 e. The SMILES string of the molecule is CCCN1CCC(c2ccc(C(=O)N[C@H](C(=O)N3C[C@H](OCC)[C@H]4OCC(=O)[C@H]43)C3CCCC3)cc2)CC1. The van der Waals surface area contributed by atoms with Crippen molar-refractivity contribution in [2.75, 3.05) is 39.4 Å². The maximum Gasteiger partial charge on any atom is 0.251 e. The molecule has 1 aliphatic carbocycles. The largest absolute Gasteiger partial charge is 0.374 e. The monoisotopic (exact) mass is 525 g/mol. The molecular formula is C30H43N3O5. The minimum absolute atomic E-state index is 0.00706. The molecule has 8 heteroatoms. The molecule has 3 aliphatic heterocycles. The van der Waals surface area contributed by atoms with Gasteiger partial charge in [-0.15, -0.1) is 0 Å². The molecule has 38 heavy (non-hydrogen) atoms. The number of carbonyl (C=O) groups excluding carboxylic acids is 3. The molecule has 1 N–H and O–H groups in total. The topological polar surface area (TPSA) is 88.2 Å². The number of carbonyl (C=O) groups is 3. The van der Waals surface area contributed by atoms with E-state index in [2.05, 4.69) is 29.3 Å². The number of hydrogen-bond acceptors (Lipinski definition) is 6. The molecule has 0 aromatic heterocycles. The summed E-state index contributed by atoms with van der Waals surface area (Å²) < 4.78 is 11.5. The Morgan fingerprint density at radius 1 is 1.08 bits per heavy atom. The second-order valence-electron chi connectivity index (χ2n) is 11.4. The standard InChI is InChI=1S/C30H43N3O5/c1-3-15-32-16-13-21(14-17-32)20-9-11-23(12-10-20)29(35)31-26(22-7-5-6-8-22)30(36)33-18-25(37-4-2)28-27(33)24(34)19-38-28/h9-12,21-22,25-28H,3-8,13-19H2,1-2H3,(H,31,35)/t25-,26-,27+,28+/m0/s1. The highest BCUT2D eigenvalue weighted by Gasteiger charge is 2.54. The molecule has 4 fully saturated rings. The summed E-state index contributed by atoms with van der Waals surface area (Å²) in [5.74, 6) is 0.0993. The number of likely N-dealkylation sites (tertiary alicyclic amines) is 2. The number of ketones is 1. The fourth-order valence-electron chi connectivity index (χ4n) is 6.99. The van der Waals surface area contributed by atoms with Crippen molar-refractivity contribution >= 4 is 17.6 Å². The third kappa shape index (κ3) is 5.68. The van der Waals surface area contributed by atoms with Gasteiger partial charge < -0.3 is 24.6 Å². The van der Waals surface area contributed by atoms with E-state index >= 15 is 0 Å². The van der Waals surface area contributed by atoms with Crippen LogP contribution in [-0.2, 0) is 19.1 Å². The summed E-state index contributed by atoms with van der Waals surface area (Å²) in [4.78, 5) is 44.1. The Kier molecular flexibility index (Phi) is 8.81. The van der Waals surface area contributed by atoms with E-state index in [0.717, 1.165) is 51.6 Å². The summed E-state index contributed by atoms with van der Waals surface area (Å²) >= 11 is 0. The number of ether oxygens (including phenoxy) is 2. The second-order valence-corrected chi connectivity index (χ2v) is 11.4. The van der Waals surface area contributed by atoms with Crippen LogP contribution in [0.1, 0.15) is 80.6 Å². The molecule has 1 saturated carbocycles. The molecule has 3 saturated heterocycles. The summed E-state index contributed by atoms with van der Waals surface area (Å²) in [5.41, 5.74) is 1.85. The van der Waals surface area contributed by atoms with Crippen molar-refractivity contribution in [1.29, 1.82) is 0 Å². The van der Waals surface area contributed by atoms with E-state index in [-0.39, 0.29) is 36.2 Å². The normalized spacial score (nSPS) is 27.6. The molecule has 3 heterocycles. The van der Waals surface area contributed by atoms with Gasteiger partial charge in [0.2, 0.25) is 5.91 Å². The first-order valence-corrected chi connectivity index (χ1v) is 14.7. The zero-order valence-corrected chi connectivity index (χ0v) is 22.9. The fourth-order valence-corrected chi connectivity index (χ4v) is 6.99. The Morgan fingerprint density at radius 3 is 2.45 bits per heavy atom. The predicted molar refractivity (Wildman–Crippen MR) is 144 cm³/mol. The van der Waals surface area contributed by atoms with Crippen LogP contribution >= 0.6 is 0 Å². The van der Waals surface area contributed by atoms with Gasteiger partial charge in [-0.1, -0.05) is 31.9 Å². The highest BCUT2D eigenvalue weighted by Crippen LogP contribution is 2.34. The lowest BCUT2D eigenvalue weighted by Crippen LogP contribution is -2.54. The Balaban J connectivity index is 1.27. The molecule has 0 unspecified atom stereocenters. The van der Waals surface area contributed by atoms with Gasteiger partial charge in [0.15, 0.2) is 5.78 Å². The maximum atomic E-state index is 13.9. The number of Topliss-reactive ketones (excluding diaryl/α,β-unsaturated/α-hetero) is 1. The average molecular weight is 526 g/mol. The van der Waals surface area contributed by atoms with Crippen LogP contribution < -0.4 is 5.32 Å². The van der Waals surface area contributed by atoms with Gasteiger partial charge in [-0.3, -0.25) is 14.4 Å². The van der Waals surface area contributed by atoms with Crippen LogP contribution in [0.4, 0.5) is 0 Å². The van der Waals surface area contributed by atoms with Gasteiger partial charge in [-0.05, 0) is 88.2 Å². The minimum Gasteiger partial charge on any atom is -0.374 e. The van der Waals surface area contributed by atoms with E-state index in [1.807, 2.05) is 19.1 Å². The third-order valence-corrected chi connectivity index (χ3v) is 9.00. The average Bonchev–Trinajstić information content (AvgIpc) is 3.68. The van der Waals surface area contributed by atoms with Crippen molar-refractivity contribution in [3.8, 4) is 0 Å². The summed E-state index contributed by atoms with van der Waals surface area (Å²) in [5, 5.41) is 3.08. The molecule has 2 amide bonds. The lowest BCUT2D eigenvalue weighted by Gasteiger charge is -2.32. The van der Waals surface area contributed by atoms with Crippen LogP contribution in [0.25, 0.3) is 0 Å². The van der Waals surface area contributed by atoms with E-state index < -0.39 is 18.2 Å². The lowest BCUT2D eigenvalue weighted by molar-refractivity contribution is -0.139. The molecule has 5 rings (SSSR count). The molecule has 4 atom stereocenters. The van der Waals surface area contributed by atoms with Crippen LogP contribution in [-0.4, -0.2) is 91.1 Å². The Bertz CT molecular complexity index is 984. The quantitative estimate of drug-likeness (QED) is 0.533. The zero-order valence-electron chi connectivity index (χ0n) is 22.9. The Hall–Kier alpha value is -2.29. The van der Waals surface area contributed by atoms with E-state index in [1.54, 1.807) is 4.90 Å². The third-order valence-electron chi connectivity index (χ3n) is 9.00. The molecule has 208 valence electrons. The number of rotatable bonds is 9. The van der Waals surface area contributed by atoms with Gasteiger partial charge in [0.1, 0.15) is 30.9 Å². The van der Waals surface area contributed by atoms with Gasteiger partial charge in [-0.25, -0.2) is 0 Å². The van der Waals surface area contributed by atoms with Gasteiger partial charge >= 0.3 is 0 Å². The van der Waals surface area contributed by atoms with Gasteiger partial charge in [0.05, 0.1) is 6.54 Å². The van der Waals surface area contributed by atoms with Gasteiger partial charge in [0.25, 0.3) is 5.91 Å². The number of fused-ring (bicyclic) bond motifs is 1. The molecule has 0 spiro atoms. The van der Waals surface area contributed by atoms with E-state index in [1.165, 1.54) is 18.5 Å². The highest BCUT2D eigenvalue weighted by atomic mass is 16.6. The van der Waals surface area contributed by atoms with Crippen LogP contribution in [0.2, 0.25) is 0 Å². The van der Waals surface area contributed by atoms with E-state index in [0.29, 0.717) is 24.6 Å². The predicted octanol–water partition coefficient (Wildman–Crippen LogP) is 3.15. The van der Waals surface area contributed by atoms with Crippen molar-refractivity contribution in [2.45, 2.75) is 89.0 Å². The number of amides is 2. The molecule has 1 aromatic carbocycles. The first-order valence-electron chi connectivity index (χ1n) is 14.7. The van der Waals surface area contributed by atoms with Gasteiger partial charge in [-0.2, -0.15) is 0 Å². The van der Waals surface area contributed by atoms with Crippen molar-refractivity contribution in [3.63, 3.8) is 0 Å². The number of hydrogen-bond donors (Lipinski definition) is 1. The Morgan fingerprint density at radius 2 is 1.79 bits per heavy atom. The lowest BCUT2D eigenvalue weighted by atomic mass is 9.89. The number of nitrogens with one attached hydrogen (secondary N) is 1. The maximum absolute atomic E-state index is 13.9. The number of nitrogens with zero attached hydrogens (tertiary/aromatic N) is 2. The van der Waals surface area contributed by atoms with Crippen molar-refractivity contribution in [3.05, 3.63) is 35.4 Å². The summed E-state index contributed by atoms with van der Waals surface area (Å²) in [7, 11) is 0. The van der Waals surface area contributed by atoms with Crippen LogP contribution in [0, 0.1) is 5.92 Å². The van der Waals surface area contributed by atoms with Crippen molar-refractivity contribution in [2.24, 2.45) is 5.92 Å². The zero-order chi connectivity index (χ0) is 26.6.